The van der Waals surface area contributed by atoms with Gasteiger partial charge >= 0.3 is 6.03 Å². The lowest BCUT2D eigenvalue weighted by molar-refractivity contribution is 0.243. The van der Waals surface area contributed by atoms with Gasteiger partial charge in [0.15, 0.2) is 0 Å². The molecule has 0 aliphatic heterocycles. The lowest BCUT2D eigenvalue weighted by atomic mass is 9.99. The van der Waals surface area contributed by atoms with Crippen molar-refractivity contribution < 1.29 is 13.2 Å². The molecule has 0 spiro atoms. The molecule has 6 heteroatoms. The van der Waals surface area contributed by atoms with Gasteiger partial charge in [-0.2, -0.15) is 0 Å². The normalized spacial score (nSPS) is 11.2. The molecule has 0 unspecified atom stereocenters. The summed E-state index contributed by atoms with van der Waals surface area (Å²) < 4.78 is 25.0. The minimum atomic E-state index is -3.59. The molecule has 0 aromatic heterocycles. The molecule has 0 saturated carbocycles. The predicted octanol–water partition coefficient (Wildman–Crippen LogP) is 2.42. The Bertz CT molecular complexity index is 676. The molecule has 0 aliphatic rings. The fourth-order valence-corrected chi connectivity index (χ4v) is 2.51. The summed E-state index contributed by atoms with van der Waals surface area (Å²) in [5.41, 5.74) is 1.75. The van der Waals surface area contributed by atoms with E-state index in [2.05, 4.69) is 5.32 Å². The van der Waals surface area contributed by atoms with E-state index >= 15 is 0 Å². The predicted molar refractivity (Wildman–Crippen MR) is 85.9 cm³/mol. The van der Waals surface area contributed by atoms with Gasteiger partial charge < -0.3 is 5.32 Å². The van der Waals surface area contributed by atoms with E-state index in [4.69, 9.17) is 0 Å². The second kappa shape index (κ2) is 7.09. The van der Waals surface area contributed by atoms with Crippen LogP contribution in [0.2, 0.25) is 0 Å². The Hall–Kier alpha value is -2.34. The molecule has 0 aliphatic carbocycles. The zero-order valence-corrected chi connectivity index (χ0v) is 13.0. The van der Waals surface area contributed by atoms with E-state index < -0.39 is 22.1 Å². The lowest BCUT2D eigenvalue weighted by Gasteiger charge is -2.20. The van der Waals surface area contributed by atoms with Crippen LogP contribution in [0.4, 0.5) is 4.79 Å². The van der Waals surface area contributed by atoms with E-state index in [1.165, 1.54) is 6.92 Å². The van der Waals surface area contributed by atoms with Gasteiger partial charge in [-0.05, 0) is 18.1 Å². The molecule has 2 aromatic rings. The molecule has 0 radical (unpaired) electrons. The second-order valence-corrected chi connectivity index (χ2v) is 6.74. The van der Waals surface area contributed by atoms with Crippen molar-refractivity contribution in [3.8, 4) is 0 Å². The average Bonchev–Trinajstić information content (AvgIpc) is 2.54. The maximum atomic E-state index is 12.0. The fourth-order valence-electron chi connectivity index (χ4n) is 2.02. The minimum Gasteiger partial charge on any atom is -0.326 e. The van der Waals surface area contributed by atoms with Crippen molar-refractivity contribution in [1.82, 2.24) is 10.0 Å². The Labute approximate surface area is 130 Å². The summed E-state index contributed by atoms with van der Waals surface area (Å²) in [7, 11) is -3.59. The summed E-state index contributed by atoms with van der Waals surface area (Å²) in [6, 6.07) is 17.6. The summed E-state index contributed by atoms with van der Waals surface area (Å²) in [6.45, 7) is 1.47. The van der Waals surface area contributed by atoms with E-state index in [0.29, 0.717) is 0 Å². The number of amides is 2. The number of rotatable bonds is 5. The quantitative estimate of drug-likeness (QED) is 0.889. The summed E-state index contributed by atoms with van der Waals surface area (Å²) in [4.78, 5) is 12.0. The third kappa shape index (κ3) is 4.33. The number of nitrogens with one attached hydrogen (secondary N) is 2. The summed E-state index contributed by atoms with van der Waals surface area (Å²) in [5.74, 6) is -0.151. The van der Waals surface area contributed by atoms with Crippen molar-refractivity contribution in [3.05, 3.63) is 71.8 Å². The first-order chi connectivity index (χ1) is 10.5. The molecular weight excluding hydrogens is 300 g/mol. The molecule has 0 atom stereocenters. The number of hydrogen-bond donors (Lipinski definition) is 2. The van der Waals surface area contributed by atoms with Gasteiger partial charge in [0.1, 0.15) is 0 Å². The number of carbonyl (C=O) groups excluding carboxylic acids is 1. The molecule has 116 valence electrons. The highest BCUT2D eigenvalue weighted by Crippen LogP contribution is 2.21. The topological polar surface area (TPSA) is 75.3 Å². The highest BCUT2D eigenvalue weighted by atomic mass is 32.2. The van der Waals surface area contributed by atoms with E-state index in [9.17, 15) is 13.2 Å². The Balaban J connectivity index is 2.25. The van der Waals surface area contributed by atoms with Crippen molar-refractivity contribution >= 4 is 16.1 Å². The van der Waals surface area contributed by atoms with E-state index in [1.54, 1.807) is 0 Å². The Morgan fingerprint density at radius 2 is 1.41 bits per heavy atom. The number of hydrogen-bond acceptors (Lipinski definition) is 3. The molecule has 0 saturated heterocycles. The molecule has 2 rings (SSSR count). The van der Waals surface area contributed by atoms with Crippen LogP contribution < -0.4 is 10.0 Å². The molecular formula is C16H18N2O3S. The molecule has 0 heterocycles. The first kappa shape index (κ1) is 16.0. The number of sulfonamides is 1. The van der Waals surface area contributed by atoms with Crippen LogP contribution in [0.15, 0.2) is 60.7 Å². The van der Waals surface area contributed by atoms with Gasteiger partial charge in [0.2, 0.25) is 10.0 Å². The van der Waals surface area contributed by atoms with Crippen molar-refractivity contribution in [1.29, 1.82) is 0 Å². The van der Waals surface area contributed by atoms with Crippen LogP contribution >= 0.6 is 0 Å². The highest BCUT2D eigenvalue weighted by molar-refractivity contribution is 7.90. The van der Waals surface area contributed by atoms with Crippen LogP contribution in [0, 0.1) is 0 Å². The van der Waals surface area contributed by atoms with Crippen molar-refractivity contribution in [3.63, 3.8) is 0 Å². The third-order valence-corrected chi connectivity index (χ3v) is 4.43. The minimum absolute atomic E-state index is 0.151. The van der Waals surface area contributed by atoms with Crippen molar-refractivity contribution in [2.75, 3.05) is 5.75 Å². The zero-order chi connectivity index (χ0) is 16.0. The van der Waals surface area contributed by atoms with Gasteiger partial charge in [-0.1, -0.05) is 60.7 Å². The van der Waals surface area contributed by atoms with E-state index in [0.717, 1.165) is 11.1 Å². The fraction of sp³-hybridized carbons (Fsp3) is 0.188. The smallest absolute Gasteiger partial charge is 0.326 e. The van der Waals surface area contributed by atoms with Crippen LogP contribution in [-0.4, -0.2) is 20.2 Å². The Kier molecular flexibility index (Phi) is 5.16. The van der Waals surface area contributed by atoms with Crippen molar-refractivity contribution in [2.45, 2.75) is 13.0 Å². The maximum absolute atomic E-state index is 12.0. The van der Waals surface area contributed by atoms with E-state index in [1.807, 2.05) is 65.4 Å². The number of urea groups is 1. The van der Waals surface area contributed by atoms with Gasteiger partial charge in [0, 0.05) is 0 Å². The largest absolute Gasteiger partial charge is 0.329 e. The number of benzene rings is 2. The molecule has 0 fully saturated rings. The standard InChI is InChI=1S/C16H18N2O3S/c1-2-22(20,21)18-16(19)17-15(13-9-5-3-6-10-13)14-11-7-4-8-12-14/h3-12,15H,2H2,1H3,(H2,17,18,19). The van der Waals surface area contributed by atoms with Crippen LogP contribution in [0.5, 0.6) is 0 Å². The zero-order valence-electron chi connectivity index (χ0n) is 12.2. The molecule has 2 N–H and O–H groups in total. The molecule has 5 nitrogen and oxygen atoms in total. The summed E-state index contributed by atoms with van der Waals surface area (Å²) >= 11 is 0. The summed E-state index contributed by atoms with van der Waals surface area (Å²) in [5, 5.41) is 2.71. The van der Waals surface area contributed by atoms with Gasteiger partial charge in [-0.15, -0.1) is 0 Å². The van der Waals surface area contributed by atoms with Gasteiger partial charge in [-0.25, -0.2) is 17.9 Å². The van der Waals surface area contributed by atoms with Gasteiger partial charge in [-0.3, -0.25) is 0 Å². The summed E-state index contributed by atoms with van der Waals surface area (Å²) in [6.07, 6.45) is 0. The second-order valence-electron chi connectivity index (χ2n) is 4.73. The molecule has 2 amide bonds. The monoisotopic (exact) mass is 318 g/mol. The van der Waals surface area contributed by atoms with Crippen LogP contribution in [0.25, 0.3) is 0 Å². The van der Waals surface area contributed by atoms with Crippen LogP contribution in [0.1, 0.15) is 24.1 Å². The van der Waals surface area contributed by atoms with Crippen molar-refractivity contribution in [2.24, 2.45) is 0 Å². The lowest BCUT2D eigenvalue weighted by Crippen LogP contribution is -2.42. The first-order valence-electron chi connectivity index (χ1n) is 6.92. The highest BCUT2D eigenvalue weighted by Gasteiger charge is 2.19. The molecule has 0 bridgehead atoms. The Morgan fingerprint density at radius 1 is 0.955 bits per heavy atom. The van der Waals surface area contributed by atoms with Gasteiger partial charge in [0.05, 0.1) is 11.8 Å². The maximum Gasteiger partial charge on any atom is 0.329 e. The number of carbonyl (C=O) groups is 1. The third-order valence-electron chi connectivity index (χ3n) is 3.17. The molecule has 2 aromatic carbocycles. The Morgan fingerprint density at radius 3 is 1.82 bits per heavy atom. The average molecular weight is 318 g/mol. The molecule has 22 heavy (non-hydrogen) atoms. The van der Waals surface area contributed by atoms with Gasteiger partial charge in [0.25, 0.3) is 0 Å². The van der Waals surface area contributed by atoms with Crippen LogP contribution in [-0.2, 0) is 10.0 Å². The SMILES string of the molecule is CCS(=O)(=O)NC(=O)NC(c1ccccc1)c1ccccc1. The van der Waals surface area contributed by atoms with Crippen LogP contribution in [0.3, 0.4) is 0 Å². The first-order valence-corrected chi connectivity index (χ1v) is 8.58. The van der Waals surface area contributed by atoms with E-state index in [-0.39, 0.29) is 5.75 Å².